The number of aromatic amines is 1. The van der Waals surface area contributed by atoms with E-state index in [1.807, 2.05) is 4.98 Å². The monoisotopic (exact) mass is 652 g/mol. The number of rotatable bonds is 11. The lowest BCUT2D eigenvalue weighted by Crippen LogP contribution is -2.60. The average molecular weight is 652 g/mol. The third-order valence-electron chi connectivity index (χ3n) is 5.95. The van der Waals surface area contributed by atoms with Gasteiger partial charge in [-0.15, -0.1) is 5.73 Å². The van der Waals surface area contributed by atoms with E-state index in [1.54, 1.807) is 0 Å². The van der Waals surface area contributed by atoms with E-state index in [4.69, 9.17) is 19.1 Å². The van der Waals surface area contributed by atoms with E-state index < -0.39 is 99.9 Å². The fourth-order valence-corrected chi connectivity index (χ4v) is 7.08. The van der Waals surface area contributed by atoms with Crippen LogP contribution in [0.1, 0.15) is 6.23 Å². The number of hydrogen-bond donors (Lipinski definition) is 9. The number of alkyl halides is 1. The summed E-state index contributed by atoms with van der Waals surface area (Å²) in [5.41, 5.74) is -1.98. The lowest BCUT2D eigenvalue weighted by molar-refractivity contribution is -0.287. The molecule has 41 heavy (non-hydrogen) atoms. The van der Waals surface area contributed by atoms with E-state index in [0.29, 0.717) is 4.57 Å². The van der Waals surface area contributed by atoms with Gasteiger partial charge in [-0.25, -0.2) is 18.1 Å². The van der Waals surface area contributed by atoms with Crippen molar-refractivity contribution in [2.75, 3.05) is 13.2 Å². The van der Waals surface area contributed by atoms with Gasteiger partial charge in [0.2, 0.25) is 0 Å². The molecule has 2 saturated heterocycles. The van der Waals surface area contributed by atoms with Gasteiger partial charge in [0.1, 0.15) is 36.6 Å². The molecule has 3 rings (SSSR count). The fraction of sp³-hybridized carbons (Fsp3) is 0.632. The maximum Gasteiger partial charge on any atom is 0.481 e. The minimum atomic E-state index is -5.56. The number of aromatic nitrogens is 2. The van der Waals surface area contributed by atoms with Crippen molar-refractivity contribution in [3.8, 4) is 0 Å². The summed E-state index contributed by atoms with van der Waals surface area (Å²) in [6.45, 7) is -3.66. The highest BCUT2D eigenvalue weighted by Crippen LogP contribution is 2.62. The van der Waals surface area contributed by atoms with Gasteiger partial charge in [-0.1, -0.05) is 6.58 Å². The van der Waals surface area contributed by atoms with E-state index in [2.05, 4.69) is 33.0 Å². The molecular weight excluding hydrogens is 625 g/mol. The van der Waals surface area contributed by atoms with Crippen LogP contribution in [0.5, 0.6) is 0 Å². The molecule has 0 radical (unpaired) electrons. The predicted molar refractivity (Wildman–Crippen MR) is 133 cm³/mol. The minimum absolute atomic E-state index is 0.715. The van der Waals surface area contributed by atoms with Crippen LogP contribution in [-0.2, 0) is 39.2 Å². The quantitative estimate of drug-likeness (QED) is 0.0824. The number of hydrogen-bond acceptors (Lipinski definition) is 15. The Labute approximate surface area is 234 Å². The molecule has 22 heteroatoms. The second-order valence-corrected chi connectivity index (χ2v) is 13.2. The van der Waals surface area contributed by atoms with Crippen LogP contribution >= 0.6 is 14.5 Å². The van der Waals surface area contributed by atoms with Gasteiger partial charge >= 0.3 is 20.2 Å². The van der Waals surface area contributed by atoms with Crippen LogP contribution < -0.4 is 11.2 Å². The number of phosphoric ester groups is 1. The molecule has 12 atom stereocenters. The SMILES string of the molecule is C=C=C[C@@]1(O)[C@H](O)[C@@H](COP(O)(=S)OP(=O)(O)OC2OC([C@@H](F)CO)C(O)C(O)C2O)O[C@H]1n1ccc(=O)[nH]c1=O. The molecule has 1 aromatic rings. The summed E-state index contributed by atoms with van der Waals surface area (Å²) >= 11 is 4.65. The summed E-state index contributed by atoms with van der Waals surface area (Å²) in [5.74, 6) is 0. The standard InChI is InChI=1S/C19H27FN2O16P2S/c1-2-4-19(30)15(28)9(35-17(19)22-5-3-10(24)21-18(22)29)7-34-40(33,41)38-39(31,32)37-16-13(27)11(25)12(26)14(36-16)8(20)6-23/h3-5,8-9,11-17,23,25-28,30H,1,6-7H2,(H,31,32)(H,33,41)(H,21,24,29)/t8-,9+,11?,12?,13?,14?,15+,16?,17+,19+,40?/m0/s1. The zero-order chi connectivity index (χ0) is 30.9. The normalized spacial score (nSPS) is 37.5. The van der Waals surface area contributed by atoms with Crippen LogP contribution in [0, 0.1) is 0 Å². The van der Waals surface area contributed by atoms with Crippen LogP contribution in [0.2, 0.25) is 0 Å². The molecule has 0 saturated carbocycles. The highest BCUT2D eigenvalue weighted by atomic mass is 32.5. The molecule has 2 aliphatic heterocycles. The zero-order valence-electron chi connectivity index (χ0n) is 20.5. The molecular formula is C19H27FN2O16P2S. The summed E-state index contributed by atoms with van der Waals surface area (Å²) in [4.78, 5) is 45.9. The van der Waals surface area contributed by atoms with Gasteiger partial charge in [0, 0.05) is 12.3 Å². The summed E-state index contributed by atoms with van der Waals surface area (Å²) < 4.78 is 51.3. The van der Waals surface area contributed by atoms with Gasteiger partial charge in [-0.3, -0.25) is 18.9 Å². The predicted octanol–water partition coefficient (Wildman–Crippen LogP) is -3.63. The highest BCUT2D eigenvalue weighted by molar-refractivity contribution is 8.08. The summed E-state index contributed by atoms with van der Waals surface area (Å²) in [7, 11) is -5.56. The summed E-state index contributed by atoms with van der Waals surface area (Å²) in [5, 5.41) is 60.3. The van der Waals surface area contributed by atoms with Gasteiger partial charge in [0.25, 0.3) is 5.56 Å². The third kappa shape index (κ3) is 7.53. The number of ether oxygens (including phenoxy) is 2. The maximum absolute atomic E-state index is 13.9. The van der Waals surface area contributed by atoms with Gasteiger partial charge < -0.3 is 54.4 Å². The Morgan fingerprint density at radius 2 is 1.90 bits per heavy atom. The summed E-state index contributed by atoms with van der Waals surface area (Å²) in [6.07, 6.45) is -16.5. The Morgan fingerprint density at radius 1 is 1.24 bits per heavy atom. The van der Waals surface area contributed by atoms with Crippen molar-refractivity contribution in [1.29, 1.82) is 0 Å². The Kier molecular flexibility index (Phi) is 10.8. The van der Waals surface area contributed by atoms with E-state index >= 15 is 0 Å². The second kappa shape index (κ2) is 13.0. The molecule has 18 nitrogen and oxygen atoms in total. The first-order valence-electron chi connectivity index (χ1n) is 11.3. The molecule has 0 spiro atoms. The number of aliphatic hydroxyl groups is 6. The van der Waals surface area contributed by atoms with Gasteiger partial charge in [0.05, 0.1) is 13.2 Å². The van der Waals surface area contributed by atoms with Crippen LogP contribution in [-0.4, -0.2) is 118 Å². The Bertz CT molecular complexity index is 1360. The number of nitrogens with zero attached hydrogens (tertiary/aromatic N) is 1. The Balaban J connectivity index is 1.71. The molecule has 0 bridgehead atoms. The molecule has 7 unspecified atom stereocenters. The molecule has 2 fully saturated rings. The van der Waals surface area contributed by atoms with Crippen LogP contribution in [0.4, 0.5) is 4.39 Å². The van der Waals surface area contributed by atoms with Crippen molar-refractivity contribution in [2.45, 2.75) is 60.9 Å². The average Bonchev–Trinajstić information content (AvgIpc) is 3.11. The fourth-order valence-electron chi connectivity index (χ4n) is 3.98. The number of aliphatic hydroxyl groups excluding tert-OH is 5. The molecule has 1 aromatic heterocycles. The molecule has 0 aliphatic carbocycles. The highest BCUT2D eigenvalue weighted by Gasteiger charge is 2.56. The van der Waals surface area contributed by atoms with E-state index in [-0.39, 0.29) is 0 Å². The molecule has 0 aromatic carbocycles. The van der Waals surface area contributed by atoms with Crippen molar-refractivity contribution in [2.24, 2.45) is 0 Å². The molecule has 2 aliphatic rings. The molecule has 9 N–H and O–H groups in total. The molecule has 232 valence electrons. The van der Waals surface area contributed by atoms with Crippen molar-refractivity contribution in [1.82, 2.24) is 9.55 Å². The molecule has 0 amide bonds. The van der Waals surface area contributed by atoms with Gasteiger partial charge in [-0.05, 0) is 17.9 Å². The lowest BCUT2D eigenvalue weighted by Gasteiger charge is -2.41. The molecule has 3 heterocycles. The topological polar surface area (TPSA) is 280 Å². The first kappa shape index (κ1) is 34.0. The largest absolute Gasteiger partial charge is 0.481 e. The van der Waals surface area contributed by atoms with Crippen LogP contribution in [0.15, 0.2) is 40.2 Å². The first-order valence-corrected chi connectivity index (χ1v) is 15.4. The van der Waals surface area contributed by atoms with Crippen molar-refractivity contribution >= 4 is 26.3 Å². The van der Waals surface area contributed by atoms with E-state index in [1.165, 1.54) is 0 Å². The number of nitrogens with one attached hydrogen (secondary N) is 1. The summed E-state index contributed by atoms with van der Waals surface area (Å²) in [6, 6.07) is 0.922. The Hall–Kier alpha value is -1.51. The minimum Gasteiger partial charge on any atom is -0.393 e. The maximum atomic E-state index is 13.9. The van der Waals surface area contributed by atoms with Crippen molar-refractivity contribution in [3.05, 3.63) is 51.5 Å². The number of H-pyrrole nitrogens is 1. The third-order valence-corrected chi connectivity index (χ3v) is 9.46. The number of phosphoric acid groups is 1. The van der Waals surface area contributed by atoms with Gasteiger partial charge in [0.15, 0.2) is 24.3 Å². The lowest BCUT2D eigenvalue weighted by atomic mass is 9.94. The van der Waals surface area contributed by atoms with Crippen molar-refractivity contribution < 1.29 is 72.2 Å². The first-order chi connectivity index (χ1) is 19.0. The zero-order valence-corrected chi connectivity index (χ0v) is 23.1. The van der Waals surface area contributed by atoms with Gasteiger partial charge in [-0.2, -0.15) is 0 Å². The van der Waals surface area contributed by atoms with Crippen molar-refractivity contribution in [3.63, 3.8) is 0 Å². The van der Waals surface area contributed by atoms with Crippen LogP contribution in [0.25, 0.3) is 0 Å². The smallest absolute Gasteiger partial charge is 0.393 e. The number of halogens is 1. The van der Waals surface area contributed by atoms with Crippen LogP contribution in [0.3, 0.4) is 0 Å². The second-order valence-electron chi connectivity index (χ2n) is 8.78. The van der Waals surface area contributed by atoms with E-state index in [9.17, 15) is 53.9 Å². The van der Waals surface area contributed by atoms with E-state index in [0.717, 1.165) is 18.3 Å². The Morgan fingerprint density at radius 3 is 2.49 bits per heavy atom.